The Morgan fingerprint density at radius 1 is 0.433 bits per heavy atom. The summed E-state index contributed by atoms with van der Waals surface area (Å²) in [4.78, 5) is 26.3. The highest BCUT2D eigenvalue weighted by Crippen LogP contribution is 2.18. The van der Waals surface area contributed by atoms with Crippen molar-refractivity contribution in [2.75, 3.05) is 6.61 Å². The van der Waals surface area contributed by atoms with E-state index in [0.29, 0.717) is 25.7 Å². The summed E-state index contributed by atoms with van der Waals surface area (Å²) in [7, 11) is 0. The molecule has 0 aliphatic carbocycles. The molecule has 0 saturated carbocycles. The minimum absolute atomic E-state index is 0.0488. The van der Waals surface area contributed by atoms with E-state index in [9.17, 15) is 19.8 Å². The number of aliphatic hydroxyl groups excluding tert-OH is 2. The van der Waals surface area contributed by atoms with E-state index in [0.717, 1.165) is 77.0 Å². The van der Waals surface area contributed by atoms with Gasteiger partial charge in [-0.15, -0.1) is 0 Å². The van der Waals surface area contributed by atoms with E-state index in [1.54, 1.807) is 0 Å². The van der Waals surface area contributed by atoms with Gasteiger partial charge in [-0.05, 0) is 96.3 Å². The minimum atomic E-state index is -0.802. The number of unbranched alkanes of at least 4 members (excludes halogenated alkanes) is 27. The molecule has 0 heterocycles. The average molecular weight is 937 g/mol. The Morgan fingerprint density at radius 3 is 1.18 bits per heavy atom. The van der Waals surface area contributed by atoms with Crippen molar-refractivity contribution in [2.45, 2.75) is 296 Å². The Hall–Kier alpha value is -2.70. The van der Waals surface area contributed by atoms with Gasteiger partial charge < -0.3 is 20.3 Å². The molecule has 0 radical (unpaired) electrons. The Kier molecular flexibility index (Phi) is 52.1. The zero-order valence-electron chi connectivity index (χ0n) is 44.3. The first-order valence-electron chi connectivity index (χ1n) is 28.7. The maximum Gasteiger partial charge on any atom is 0.306 e. The largest absolute Gasteiger partial charge is 0.462 e. The van der Waals surface area contributed by atoms with E-state index >= 15 is 0 Å². The summed E-state index contributed by atoms with van der Waals surface area (Å²) in [6, 6.07) is -0.719. The minimum Gasteiger partial charge on any atom is -0.462 e. The molecule has 0 spiro atoms. The number of rotatable bonds is 51. The molecule has 0 fully saturated rings. The summed E-state index contributed by atoms with van der Waals surface area (Å²) in [5.74, 6) is -0.544. The highest BCUT2D eigenvalue weighted by Gasteiger charge is 2.24. The number of esters is 1. The number of carbonyl (C=O) groups is 2. The first-order valence-corrected chi connectivity index (χ1v) is 28.7. The third-order valence-electron chi connectivity index (χ3n) is 12.8. The molecular weight excluding hydrogens is 827 g/mol. The molecule has 0 rings (SSSR count). The molecule has 388 valence electrons. The van der Waals surface area contributed by atoms with Crippen LogP contribution in [-0.4, -0.2) is 46.9 Å². The first-order chi connectivity index (χ1) is 33.0. The van der Waals surface area contributed by atoms with Gasteiger partial charge in [-0.2, -0.15) is 0 Å². The monoisotopic (exact) mass is 936 g/mol. The van der Waals surface area contributed by atoms with Gasteiger partial charge in [0.1, 0.15) is 6.10 Å². The quantitative estimate of drug-likeness (QED) is 0.0321. The second-order valence-corrected chi connectivity index (χ2v) is 19.3. The number of allylic oxidation sites excluding steroid dienone is 12. The van der Waals surface area contributed by atoms with Gasteiger partial charge in [0.2, 0.25) is 5.91 Å². The maximum atomic E-state index is 13.3. The third-order valence-corrected chi connectivity index (χ3v) is 12.8. The zero-order valence-corrected chi connectivity index (χ0v) is 44.3. The van der Waals surface area contributed by atoms with Gasteiger partial charge in [-0.1, -0.05) is 241 Å². The van der Waals surface area contributed by atoms with E-state index < -0.39 is 18.2 Å². The summed E-state index contributed by atoms with van der Waals surface area (Å²) in [6.07, 6.45) is 69.6. The van der Waals surface area contributed by atoms with Gasteiger partial charge in [0.15, 0.2) is 0 Å². The van der Waals surface area contributed by atoms with Crippen molar-refractivity contribution in [3.05, 3.63) is 72.9 Å². The molecule has 3 unspecified atom stereocenters. The third kappa shape index (κ3) is 49.5. The van der Waals surface area contributed by atoms with Crippen molar-refractivity contribution in [2.24, 2.45) is 0 Å². The number of aliphatic hydroxyl groups is 2. The topological polar surface area (TPSA) is 95.9 Å². The van der Waals surface area contributed by atoms with Crippen LogP contribution < -0.4 is 5.32 Å². The lowest BCUT2D eigenvalue weighted by Crippen LogP contribution is -2.46. The van der Waals surface area contributed by atoms with Crippen LogP contribution in [0.3, 0.4) is 0 Å². The van der Waals surface area contributed by atoms with Crippen LogP contribution >= 0.6 is 0 Å². The van der Waals surface area contributed by atoms with Gasteiger partial charge >= 0.3 is 5.97 Å². The second-order valence-electron chi connectivity index (χ2n) is 19.3. The van der Waals surface area contributed by atoms with Gasteiger partial charge in [-0.3, -0.25) is 9.59 Å². The normalized spacial score (nSPS) is 13.7. The number of ether oxygens (including phenoxy) is 1. The molecule has 0 aromatic carbocycles. The first kappa shape index (κ1) is 64.3. The van der Waals surface area contributed by atoms with Crippen molar-refractivity contribution in [3.63, 3.8) is 0 Å². The average Bonchev–Trinajstić information content (AvgIpc) is 3.32. The fourth-order valence-corrected chi connectivity index (χ4v) is 8.39. The van der Waals surface area contributed by atoms with E-state index in [1.807, 2.05) is 0 Å². The lowest BCUT2D eigenvalue weighted by molar-refractivity contribution is -0.151. The van der Waals surface area contributed by atoms with Gasteiger partial charge in [0.05, 0.1) is 25.2 Å². The van der Waals surface area contributed by atoms with E-state index in [2.05, 4.69) is 99.0 Å². The molecule has 3 N–H and O–H groups in total. The summed E-state index contributed by atoms with van der Waals surface area (Å²) in [5.41, 5.74) is 0. The SMILES string of the molecule is CCCCC/C=C\C/C=C\C/C=C\C/C=C\CCCC(=O)OC(CCCCCCCCC/C=C\C/C=C\CCCCC)CC(=O)NC(CO)C(O)CCCCCCCCCCCCCCCC. The number of nitrogens with one attached hydrogen (secondary N) is 1. The van der Waals surface area contributed by atoms with Crippen molar-refractivity contribution in [1.82, 2.24) is 5.32 Å². The van der Waals surface area contributed by atoms with Crippen molar-refractivity contribution in [3.8, 4) is 0 Å². The number of hydrogen-bond donors (Lipinski definition) is 3. The summed E-state index contributed by atoms with van der Waals surface area (Å²) in [6.45, 7) is 6.43. The molecule has 0 aromatic heterocycles. The molecule has 0 aliphatic heterocycles. The second kappa shape index (κ2) is 54.2. The Labute approximate surface area is 415 Å². The lowest BCUT2D eigenvalue weighted by Gasteiger charge is -2.24. The summed E-state index contributed by atoms with van der Waals surface area (Å²) in [5, 5.41) is 23.9. The van der Waals surface area contributed by atoms with E-state index in [1.165, 1.54) is 148 Å². The molecule has 0 bridgehead atoms. The summed E-state index contributed by atoms with van der Waals surface area (Å²) >= 11 is 0. The van der Waals surface area contributed by atoms with Crippen LogP contribution in [0.1, 0.15) is 278 Å². The molecule has 3 atom stereocenters. The van der Waals surface area contributed by atoms with Crippen LogP contribution in [0.5, 0.6) is 0 Å². The predicted molar refractivity (Wildman–Crippen MR) is 291 cm³/mol. The molecule has 0 aromatic rings. The Balaban J connectivity index is 4.68. The number of hydrogen-bond acceptors (Lipinski definition) is 5. The fraction of sp³-hybridized carbons (Fsp3) is 0.770. The molecule has 0 aliphatic rings. The number of amides is 1. The smallest absolute Gasteiger partial charge is 0.306 e. The van der Waals surface area contributed by atoms with Crippen LogP contribution in [-0.2, 0) is 14.3 Å². The summed E-state index contributed by atoms with van der Waals surface area (Å²) < 4.78 is 5.93. The fourth-order valence-electron chi connectivity index (χ4n) is 8.39. The predicted octanol–water partition coefficient (Wildman–Crippen LogP) is 17.7. The zero-order chi connectivity index (χ0) is 48.8. The number of carbonyl (C=O) groups excluding carboxylic acids is 2. The molecule has 1 amide bonds. The van der Waals surface area contributed by atoms with Crippen LogP contribution in [0.25, 0.3) is 0 Å². The van der Waals surface area contributed by atoms with Gasteiger partial charge in [0, 0.05) is 6.42 Å². The van der Waals surface area contributed by atoms with Gasteiger partial charge in [-0.25, -0.2) is 0 Å². The van der Waals surface area contributed by atoms with Crippen LogP contribution in [0.2, 0.25) is 0 Å². The van der Waals surface area contributed by atoms with Crippen LogP contribution in [0.4, 0.5) is 0 Å². The highest BCUT2D eigenvalue weighted by atomic mass is 16.5. The molecule has 6 nitrogen and oxygen atoms in total. The molecule has 67 heavy (non-hydrogen) atoms. The van der Waals surface area contributed by atoms with Crippen LogP contribution in [0, 0.1) is 0 Å². The lowest BCUT2D eigenvalue weighted by atomic mass is 10.0. The van der Waals surface area contributed by atoms with Crippen molar-refractivity contribution >= 4 is 11.9 Å². The Morgan fingerprint density at radius 2 is 0.761 bits per heavy atom. The Bertz CT molecular complexity index is 1230. The van der Waals surface area contributed by atoms with Crippen molar-refractivity contribution < 1.29 is 24.5 Å². The van der Waals surface area contributed by atoms with Crippen LogP contribution in [0.15, 0.2) is 72.9 Å². The van der Waals surface area contributed by atoms with E-state index in [-0.39, 0.29) is 24.9 Å². The van der Waals surface area contributed by atoms with Crippen molar-refractivity contribution in [1.29, 1.82) is 0 Å². The van der Waals surface area contributed by atoms with E-state index in [4.69, 9.17) is 4.74 Å². The standard InChI is InChI=1S/C61H109NO5/c1-4-7-10-13-16-19-22-25-28-30-32-34-37-40-43-46-49-52-57(67-61(66)54-51-48-45-42-39-36-33-31-29-26-23-20-17-14-11-8-5-2)55-60(65)62-58(56-63)59(64)53-50-47-44-41-38-35-27-24-21-18-15-12-9-6-3/h16-17,19-20,25-26,28-29,33,36,42,45,57-59,63-64H,4-15,18,21-24,27,30-32,34-35,37-41,43-44,46-56H2,1-3H3,(H,62,65)/b19-16-,20-17-,28-25-,29-26-,36-33-,45-42-. The maximum absolute atomic E-state index is 13.3. The highest BCUT2D eigenvalue weighted by molar-refractivity contribution is 5.77. The molecule has 0 saturated heterocycles. The molecule has 6 heteroatoms. The molecular formula is C61H109NO5. The van der Waals surface area contributed by atoms with Gasteiger partial charge in [0.25, 0.3) is 0 Å².